The number of amides is 1. The molecule has 140 valence electrons. The number of para-hydroxylation sites is 1. The second-order valence-corrected chi connectivity index (χ2v) is 7.72. The molecule has 2 heterocycles. The first-order valence-electron chi connectivity index (χ1n) is 8.92. The predicted octanol–water partition coefficient (Wildman–Crippen LogP) is 4.11. The summed E-state index contributed by atoms with van der Waals surface area (Å²) in [6.45, 7) is 1.75. The summed E-state index contributed by atoms with van der Waals surface area (Å²) in [5, 5.41) is 3.69. The number of nitrogens with zero attached hydrogens (tertiary/aromatic N) is 2. The molecular weight excluding hydrogens is 368 g/mol. The maximum Gasteiger partial charge on any atom is 0.225 e. The molecule has 1 aliphatic heterocycles. The van der Waals surface area contributed by atoms with Crippen molar-refractivity contribution in [3.05, 3.63) is 59.7 Å². The predicted molar refractivity (Wildman–Crippen MR) is 103 cm³/mol. The first-order chi connectivity index (χ1) is 13.1. The molecule has 1 unspecified atom stereocenters. The molecule has 0 saturated carbocycles. The third-order valence-corrected chi connectivity index (χ3v) is 5.88. The van der Waals surface area contributed by atoms with Crippen LogP contribution in [0.2, 0.25) is 0 Å². The van der Waals surface area contributed by atoms with Crippen molar-refractivity contribution in [2.45, 2.75) is 19.4 Å². The van der Waals surface area contributed by atoms with Crippen molar-refractivity contribution < 1.29 is 13.6 Å². The Morgan fingerprint density at radius 1 is 1.22 bits per heavy atom. The molecule has 1 atom stereocenters. The normalized spacial score (nSPS) is 17.3. The molecule has 2 aromatic carbocycles. The van der Waals surface area contributed by atoms with Crippen molar-refractivity contribution in [1.29, 1.82) is 0 Å². The molecule has 1 saturated heterocycles. The quantitative estimate of drug-likeness (QED) is 0.733. The summed E-state index contributed by atoms with van der Waals surface area (Å²) in [4.78, 5) is 19.1. The van der Waals surface area contributed by atoms with E-state index in [0.29, 0.717) is 18.6 Å². The van der Waals surface area contributed by atoms with Crippen molar-refractivity contribution in [3.63, 3.8) is 0 Å². The monoisotopic (exact) mass is 387 g/mol. The number of thiazole rings is 1. The maximum atomic E-state index is 13.9. The van der Waals surface area contributed by atoms with Gasteiger partial charge in [0.05, 0.1) is 10.6 Å². The first-order valence-corrected chi connectivity index (χ1v) is 9.74. The number of benzene rings is 2. The minimum Gasteiger partial charge on any atom is -0.352 e. The highest BCUT2D eigenvalue weighted by molar-refractivity contribution is 7.22. The molecule has 0 aliphatic carbocycles. The zero-order valence-electron chi connectivity index (χ0n) is 14.6. The van der Waals surface area contributed by atoms with Crippen LogP contribution in [0.3, 0.4) is 0 Å². The lowest BCUT2D eigenvalue weighted by Crippen LogP contribution is -2.42. The highest BCUT2D eigenvalue weighted by atomic mass is 32.1. The zero-order valence-corrected chi connectivity index (χ0v) is 15.4. The van der Waals surface area contributed by atoms with E-state index in [1.54, 1.807) is 18.2 Å². The van der Waals surface area contributed by atoms with Gasteiger partial charge in [0, 0.05) is 19.6 Å². The molecule has 0 radical (unpaired) electrons. The summed E-state index contributed by atoms with van der Waals surface area (Å²) < 4.78 is 27.7. The Labute approximate surface area is 159 Å². The van der Waals surface area contributed by atoms with E-state index in [1.807, 2.05) is 6.07 Å². The van der Waals surface area contributed by atoms with Crippen molar-refractivity contribution >= 4 is 32.6 Å². The fourth-order valence-corrected chi connectivity index (χ4v) is 4.35. The summed E-state index contributed by atoms with van der Waals surface area (Å²) in [6.07, 6.45) is 1.69. The molecule has 7 heteroatoms. The van der Waals surface area contributed by atoms with Gasteiger partial charge in [-0.2, -0.15) is 0 Å². The van der Waals surface area contributed by atoms with E-state index in [9.17, 15) is 13.6 Å². The number of fused-ring (bicyclic) bond motifs is 1. The molecule has 27 heavy (non-hydrogen) atoms. The SMILES string of the molecule is O=C(NCc1ccc(F)cc1)C1CCCN(c2nc3c(F)cccc3s2)C1. The number of aromatic nitrogens is 1. The third-order valence-electron chi connectivity index (χ3n) is 4.80. The maximum absolute atomic E-state index is 13.9. The van der Waals surface area contributed by atoms with Crippen LogP contribution in [0.25, 0.3) is 10.2 Å². The molecule has 4 nitrogen and oxygen atoms in total. The number of anilines is 1. The van der Waals surface area contributed by atoms with Gasteiger partial charge in [-0.15, -0.1) is 0 Å². The van der Waals surface area contributed by atoms with Gasteiger partial charge in [0.2, 0.25) is 5.91 Å². The summed E-state index contributed by atoms with van der Waals surface area (Å²) in [5.74, 6) is -0.770. The Morgan fingerprint density at radius 2 is 2.04 bits per heavy atom. The van der Waals surface area contributed by atoms with E-state index in [2.05, 4.69) is 15.2 Å². The van der Waals surface area contributed by atoms with Gasteiger partial charge in [-0.3, -0.25) is 4.79 Å². The Kier molecular flexibility index (Phi) is 5.03. The van der Waals surface area contributed by atoms with Crippen LogP contribution in [0, 0.1) is 17.6 Å². The van der Waals surface area contributed by atoms with Gasteiger partial charge in [0.15, 0.2) is 5.13 Å². The van der Waals surface area contributed by atoms with Crippen LogP contribution in [0.15, 0.2) is 42.5 Å². The number of nitrogens with one attached hydrogen (secondary N) is 1. The number of halogens is 2. The largest absolute Gasteiger partial charge is 0.352 e. The Balaban J connectivity index is 1.41. The Bertz CT molecular complexity index is 958. The molecular formula is C20H19F2N3OS. The third kappa shape index (κ3) is 3.93. The minimum atomic E-state index is -0.319. The lowest BCUT2D eigenvalue weighted by molar-refractivity contribution is -0.125. The van der Waals surface area contributed by atoms with Crippen LogP contribution in [0.5, 0.6) is 0 Å². The number of hydrogen-bond acceptors (Lipinski definition) is 4. The fourth-order valence-electron chi connectivity index (χ4n) is 3.34. The van der Waals surface area contributed by atoms with Gasteiger partial charge in [-0.1, -0.05) is 29.5 Å². The lowest BCUT2D eigenvalue weighted by atomic mass is 9.97. The standard InChI is InChI=1S/C20H19F2N3OS/c21-15-8-6-13(7-9-15)11-23-19(26)14-3-2-10-25(12-14)20-24-18-16(22)4-1-5-17(18)27-20/h1,4-9,14H,2-3,10-12H2,(H,23,26). The van der Waals surface area contributed by atoms with Crippen molar-refractivity contribution in [1.82, 2.24) is 10.3 Å². The van der Waals surface area contributed by atoms with Crippen molar-refractivity contribution in [2.24, 2.45) is 5.92 Å². The van der Waals surface area contributed by atoms with E-state index in [-0.39, 0.29) is 23.5 Å². The molecule has 1 aromatic heterocycles. The molecule has 4 rings (SSSR count). The van der Waals surface area contributed by atoms with Crippen LogP contribution >= 0.6 is 11.3 Å². The Morgan fingerprint density at radius 3 is 2.81 bits per heavy atom. The van der Waals surface area contributed by atoms with E-state index >= 15 is 0 Å². The van der Waals surface area contributed by atoms with E-state index in [4.69, 9.17) is 0 Å². The van der Waals surface area contributed by atoms with Crippen molar-refractivity contribution in [2.75, 3.05) is 18.0 Å². The summed E-state index contributed by atoms with van der Waals surface area (Å²) in [6, 6.07) is 11.1. The van der Waals surface area contributed by atoms with Gasteiger partial charge in [0.1, 0.15) is 17.2 Å². The second-order valence-electron chi connectivity index (χ2n) is 6.71. The van der Waals surface area contributed by atoms with E-state index in [1.165, 1.54) is 29.5 Å². The van der Waals surface area contributed by atoms with Crippen LogP contribution < -0.4 is 10.2 Å². The van der Waals surface area contributed by atoms with Gasteiger partial charge in [-0.05, 0) is 42.7 Å². The Hall–Kier alpha value is -2.54. The highest BCUT2D eigenvalue weighted by Gasteiger charge is 2.27. The van der Waals surface area contributed by atoms with E-state index in [0.717, 1.165) is 34.8 Å². The molecule has 1 amide bonds. The van der Waals surface area contributed by atoms with Crippen LogP contribution in [-0.4, -0.2) is 24.0 Å². The molecule has 1 fully saturated rings. The molecule has 1 N–H and O–H groups in total. The number of piperidine rings is 1. The van der Waals surface area contributed by atoms with Crippen LogP contribution in [0.1, 0.15) is 18.4 Å². The topological polar surface area (TPSA) is 45.2 Å². The van der Waals surface area contributed by atoms with Gasteiger partial charge < -0.3 is 10.2 Å². The zero-order chi connectivity index (χ0) is 18.8. The summed E-state index contributed by atoms with van der Waals surface area (Å²) >= 11 is 1.45. The molecule has 0 spiro atoms. The van der Waals surface area contributed by atoms with Crippen LogP contribution in [0.4, 0.5) is 13.9 Å². The van der Waals surface area contributed by atoms with Crippen LogP contribution in [-0.2, 0) is 11.3 Å². The summed E-state index contributed by atoms with van der Waals surface area (Å²) in [7, 11) is 0. The number of hydrogen-bond donors (Lipinski definition) is 1. The molecule has 1 aliphatic rings. The highest BCUT2D eigenvalue weighted by Crippen LogP contribution is 2.32. The van der Waals surface area contributed by atoms with Gasteiger partial charge >= 0.3 is 0 Å². The molecule has 0 bridgehead atoms. The lowest BCUT2D eigenvalue weighted by Gasteiger charge is -2.31. The molecule has 3 aromatic rings. The number of rotatable bonds is 4. The number of carbonyl (C=O) groups is 1. The second kappa shape index (κ2) is 7.60. The van der Waals surface area contributed by atoms with Gasteiger partial charge in [0.25, 0.3) is 0 Å². The van der Waals surface area contributed by atoms with E-state index < -0.39 is 0 Å². The minimum absolute atomic E-state index is 0.0173. The smallest absolute Gasteiger partial charge is 0.225 e. The van der Waals surface area contributed by atoms with Crippen molar-refractivity contribution in [3.8, 4) is 0 Å². The van der Waals surface area contributed by atoms with Gasteiger partial charge in [-0.25, -0.2) is 13.8 Å². The number of carbonyl (C=O) groups excluding carboxylic acids is 1. The average Bonchev–Trinajstić information content (AvgIpc) is 3.13. The average molecular weight is 387 g/mol. The fraction of sp³-hybridized carbons (Fsp3) is 0.300. The first kappa shape index (κ1) is 17.9. The summed E-state index contributed by atoms with van der Waals surface area (Å²) in [5.41, 5.74) is 1.25.